The van der Waals surface area contributed by atoms with Crippen LogP contribution in [0.3, 0.4) is 0 Å². The number of hydrogen-bond donors (Lipinski definition) is 1. The average molecular weight is 266 g/mol. The molecule has 1 aliphatic carbocycles. The molecule has 0 bridgehead atoms. The lowest BCUT2D eigenvalue weighted by Crippen LogP contribution is -2.28. The number of halogens is 1. The summed E-state index contributed by atoms with van der Waals surface area (Å²) in [5, 5.41) is 9.73. The van der Waals surface area contributed by atoms with Crippen LogP contribution >= 0.6 is 0 Å². The molecule has 0 spiro atoms. The minimum atomic E-state index is -0.644. The van der Waals surface area contributed by atoms with Gasteiger partial charge in [0.15, 0.2) is 0 Å². The third kappa shape index (κ3) is 3.69. The van der Waals surface area contributed by atoms with E-state index in [1.54, 1.807) is 13.0 Å². The van der Waals surface area contributed by atoms with Crippen LogP contribution in [0.15, 0.2) is 18.2 Å². The summed E-state index contributed by atoms with van der Waals surface area (Å²) >= 11 is 0. The van der Waals surface area contributed by atoms with Gasteiger partial charge in [-0.25, -0.2) is 4.39 Å². The van der Waals surface area contributed by atoms with E-state index in [1.807, 2.05) is 0 Å². The Morgan fingerprint density at radius 2 is 1.84 bits per heavy atom. The highest BCUT2D eigenvalue weighted by Crippen LogP contribution is 2.34. The third-order valence-electron chi connectivity index (χ3n) is 3.85. The van der Waals surface area contributed by atoms with Crippen molar-refractivity contribution in [3.05, 3.63) is 29.6 Å². The van der Waals surface area contributed by atoms with Gasteiger partial charge in [0.25, 0.3) is 0 Å². The van der Waals surface area contributed by atoms with Crippen LogP contribution in [-0.4, -0.2) is 11.2 Å². The standard InChI is InChI=1S/C16H23FO2/c1-10-6-11(2)8-14(7-10)19-16-9-13(17)4-5-15(16)12(3)18/h4-5,9-12,14,18H,6-8H2,1-3H3/t10?,11?,12-,14?/m1/s1. The molecule has 106 valence electrons. The lowest BCUT2D eigenvalue weighted by atomic mass is 9.82. The van der Waals surface area contributed by atoms with Crippen molar-refractivity contribution in [1.82, 2.24) is 0 Å². The molecule has 1 saturated carbocycles. The summed E-state index contributed by atoms with van der Waals surface area (Å²) in [5.74, 6) is 1.44. The van der Waals surface area contributed by atoms with Crippen LogP contribution < -0.4 is 4.74 Å². The van der Waals surface area contributed by atoms with Gasteiger partial charge in [0, 0.05) is 11.6 Å². The molecule has 3 heteroatoms. The maximum Gasteiger partial charge on any atom is 0.128 e. The topological polar surface area (TPSA) is 29.5 Å². The zero-order valence-electron chi connectivity index (χ0n) is 11.9. The highest BCUT2D eigenvalue weighted by atomic mass is 19.1. The lowest BCUT2D eigenvalue weighted by molar-refractivity contribution is 0.0956. The van der Waals surface area contributed by atoms with Gasteiger partial charge >= 0.3 is 0 Å². The SMILES string of the molecule is CC1CC(C)CC(Oc2cc(F)ccc2[C@@H](C)O)C1. The van der Waals surface area contributed by atoms with Crippen LogP contribution in [-0.2, 0) is 0 Å². The molecule has 0 aliphatic heterocycles. The van der Waals surface area contributed by atoms with Crippen molar-refractivity contribution in [2.75, 3.05) is 0 Å². The van der Waals surface area contributed by atoms with Gasteiger partial charge in [-0.15, -0.1) is 0 Å². The first-order valence-electron chi connectivity index (χ1n) is 7.10. The molecule has 0 heterocycles. The monoisotopic (exact) mass is 266 g/mol. The molecule has 1 N–H and O–H groups in total. The van der Waals surface area contributed by atoms with Crippen molar-refractivity contribution >= 4 is 0 Å². The van der Waals surface area contributed by atoms with Crippen molar-refractivity contribution in [1.29, 1.82) is 0 Å². The molecule has 0 aromatic heterocycles. The molecule has 0 saturated heterocycles. The fraction of sp³-hybridized carbons (Fsp3) is 0.625. The van der Waals surface area contributed by atoms with Gasteiger partial charge in [0.2, 0.25) is 0 Å². The second kappa shape index (κ2) is 5.91. The molecule has 3 atom stereocenters. The van der Waals surface area contributed by atoms with Crippen LogP contribution in [0.2, 0.25) is 0 Å². The Morgan fingerprint density at radius 1 is 1.21 bits per heavy atom. The number of ether oxygens (including phenoxy) is 1. The van der Waals surface area contributed by atoms with Gasteiger partial charge in [0.05, 0.1) is 12.2 Å². The first-order valence-corrected chi connectivity index (χ1v) is 7.10. The highest BCUT2D eigenvalue weighted by Gasteiger charge is 2.26. The van der Waals surface area contributed by atoms with Crippen molar-refractivity contribution < 1.29 is 14.2 Å². The molecule has 19 heavy (non-hydrogen) atoms. The summed E-state index contributed by atoms with van der Waals surface area (Å²) in [6.45, 7) is 6.13. The lowest BCUT2D eigenvalue weighted by Gasteiger charge is -2.32. The Bertz CT molecular complexity index is 421. The van der Waals surface area contributed by atoms with E-state index in [1.165, 1.54) is 18.6 Å². The van der Waals surface area contributed by atoms with E-state index in [2.05, 4.69) is 13.8 Å². The Balaban J connectivity index is 2.15. The fourth-order valence-electron chi connectivity index (χ4n) is 3.10. The number of aliphatic hydroxyl groups excluding tert-OH is 1. The van der Waals surface area contributed by atoms with E-state index in [-0.39, 0.29) is 11.9 Å². The van der Waals surface area contributed by atoms with Gasteiger partial charge in [-0.1, -0.05) is 13.8 Å². The Labute approximate surface area is 114 Å². The van der Waals surface area contributed by atoms with E-state index < -0.39 is 6.10 Å². The summed E-state index contributed by atoms with van der Waals surface area (Å²) in [5.41, 5.74) is 0.660. The van der Waals surface area contributed by atoms with Gasteiger partial charge in [0.1, 0.15) is 11.6 Å². The van der Waals surface area contributed by atoms with Crippen molar-refractivity contribution in [2.24, 2.45) is 11.8 Å². The van der Waals surface area contributed by atoms with Crippen LogP contribution in [0.1, 0.15) is 51.7 Å². The molecule has 2 rings (SSSR count). The predicted octanol–water partition coefficient (Wildman–Crippen LogP) is 4.08. The second-order valence-electron chi connectivity index (χ2n) is 6.02. The fourth-order valence-corrected chi connectivity index (χ4v) is 3.10. The minimum Gasteiger partial charge on any atom is -0.490 e. The van der Waals surface area contributed by atoms with Crippen LogP contribution in [0.4, 0.5) is 4.39 Å². The highest BCUT2D eigenvalue weighted by molar-refractivity contribution is 5.35. The second-order valence-corrected chi connectivity index (χ2v) is 6.02. The average Bonchev–Trinajstić information content (AvgIpc) is 2.26. The zero-order valence-corrected chi connectivity index (χ0v) is 11.9. The van der Waals surface area contributed by atoms with Crippen molar-refractivity contribution in [2.45, 2.75) is 52.2 Å². The number of aliphatic hydroxyl groups is 1. The number of rotatable bonds is 3. The molecule has 1 fully saturated rings. The molecule has 1 aromatic rings. The van der Waals surface area contributed by atoms with Crippen LogP contribution in [0.5, 0.6) is 5.75 Å². The van der Waals surface area contributed by atoms with Crippen LogP contribution in [0.25, 0.3) is 0 Å². The minimum absolute atomic E-state index is 0.123. The van der Waals surface area contributed by atoms with E-state index in [0.29, 0.717) is 23.1 Å². The number of hydrogen-bond acceptors (Lipinski definition) is 2. The van der Waals surface area contributed by atoms with E-state index in [0.717, 1.165) is 12.8 Å². The van der Waals surface area contributed by atoms with Gasteiger partial charge < -0.3 is 9.84 Å². The molecule has 2 unspecified atom stereocenters. The predicted molar refractivity (Wildman–Crippen MR) is 73.6 cm³/mol. The summed E-state index contributed by atoms with van der Waals surface area (Å²) < 4.78 is 19.3. The van der Waals surface area contributed by atoms with E-state index in [9.17, 15) is 9.50 Å². The molecule has 0 amide bonds. The normalized spacial score (nSPS) is 29.0. The molecule has 1 aromatic carbocycles. The zero-order chi connectivity index (χ0) is 14.0. The van der Waals surface area contributed by atoms with Crippen molar-refractivity contribution in [3.8, 4) is 5.75 Å². The molecule has 1 aliphatic rings. The van der Waals surface area contributed by atoms with Crippen molar-refractivity contribution in [3.63, 3.8) is 0 Å². The van der Waals surface area contributed by atoms with Crippen LogP contribution in [0, 0.1) is 17.7 Å². The molecule has 2 nitrogen and oxygen atoms in total. The van der Waals surface area contributed by atoms with E-state index in [4.69, 9.17) is 4.74 Å². The molecule has 0 radical (unpaired) electrons. The Morgan fingerprint density at radius 3 is 2.42 bits per heavy atom. The maximum absolute atomic E-state index is 13.4. The number of benzene rings is 1. The van der Waals surface area contributed by atoms with Gasteiger partial charge in [-0.3, -0.25) is 0 Å². The maximum atomic E-state index is 13.4. The van der Waals surface area contributed by atoms with Gasteiger partial charge in [-0.05, 0) is 50.2 Å². The Kier molecular flexibility index (Phi) is 4.46. The summed E-state index contributed by atoms with van der Waals surface area (Å²) in [4.78, 5) is 0. The summed E-state index contributed by atoms with van der Waals surface area (Å²) in [7, 11) is 0. The largest absolute Gasteiger partial charge is 0.490 e. The first kappa shape index (κ1) is 14.3. The first-order chi connectivity index (χ1) is 8.95. The smallest absolute Gasteiger partial charge is 0.128 e. The summed E-state index contributed by atoms with van der Waals surface area (Å²) in [6, 6.07) is 4.35. The van der Waals surface area contributed by atoms with Gasteiger partial charge in [-0.2, -0.15) is 0 Å². The molecular weight excluding hydrogens is 243 g/mol. The quantitative estimate of drug-likeness (QED) is 0.893. The van der Waals surface area contributed by atoms with E-state index >= 15 is 0 Å². The summed E-state index contributed by atoms with van der Waals surface area (Å²) in [6.07, 6.45) is 2.71. The Hall–Kier alpha value is -1.09. The molecular formula is C16H23FO2. The third-order valence-corrected chi connectivity index (χ3v) is 3.85.